The molecule has 196 valence electrons. The number of aromatic amines is 1. The van der Waals surface area contributed by atoms with E-state index in [1.807, 2.05) is 0 Å². The molecule has 1 rings (SSSR count). The summed E-state index contributed by atoms with van der Waals surface area (Å²) in [4.78, 5) is 67.2. The topological polar surface area (TPSA) is 237 Å². The lowest BCUT2D eigenvalue weighted by atomic mass is 10.1. The van der Waals surface area contributed by atoms with E-state index in [1.54, 1.807) is 6.26 Å². The lowest BCUT2D eigenvalue weighted by molar-refractivity contribution is -0.142. The average molecular weight is 517 g/mol. The Morgan fingerprint density at radius 3 is 2.09 bits per heavy atom. The Bertz CT molecular complexity index is 866. The minimum absolute atomic E-state index is 0.0706. The number of imidazole rings is 1. The molecule has 0 aliphatic heterocycles. The van der Waals surface area contributed by atoms with E-state index in [0.717, 1.165) is 0 Å². The number of carbonyl (C=O) groups excluding carboxylic acids is 3. The maximum Gasteiger partial charge on any atom is 0.326 e. The van der Waals surface area contributed by atoms with E-state index < -0.39 is 66.4 Å². The SMILES string of the molecule is CSCCC(NC(=O)C(CCC(=O)O)NC(=O)C(N)C(C)O)C(=O)NC(Cc1cnc[nH]1)C(=O)O. The monoisotopic (exact) mass is 516 g/mol. The van der Waals surface area contributed by atoms with Gasteiger partial charge in [-0.3, -0.25) is 19.2 Å². The van der Waals surface area contributed by atoms with Gasteiger partial charge in [-0.2, -0.15) is 11.8 Å². The molecule has 0 saturated heterocycles. The maximum atomic E-state index is 12.9. The third-order valence-electron chi connectivity index (χ3n) is 4.94. The van der Waals surface area contributed by atoms with Gasteiger partial charge in [-0.1, -0.05) is 0 Å². The summed E-state index contributed by atoms with van der Waals surface area (Å²) in [7, 11) is 0. The standard InChI is InChI=1S/C20H32N6O8S/c1-10(27)16(21)19(32)25-12(3-4-15(28)29)17(30)24-13(5-6-35-2)18(31)26-14(20(33)34)7-11-8-22-9-23-11/h8-10,12-14,16,27H,3-7,21H2,1-2H3,(H,22,23)(H,24,30)(H,25,32)(H,26,31)(H,28,29)(H,33,34). The van der Waals surface area contributed by atoms with Crippen LogP contribution in [-0.2, 0) is 30.4 Å². The Hall–Kier alpha value is -3.17. The first-order valence-corrected chi connectivity index (χ1v) is 12.1. The van der Waals surface area contributed by atoms with Crippen molar-refractivity contribution in [3.63, 3.8) is 0 Å². The van der Waals surface area contributed by atoms with Crippen LogP contribution in [0.25, 0.3) is 0 Å². The molecule has 1 heterocycles. The van der Waals surface area contributed by atoms with Crippen LogP contribution in [-0.4, -0.2) is 97.2 Å². The van der Waals surface area contributed by atoms with Gasteiger partial charge in [-0.05, 0) is 31.8 Å². The number of amides is 3. The van der Waals surface area contributed by atoms with Crippen molar-refractivity contribution < 1.29 is 39.3 Å². The summed E-state index contributed by atoms with van der Waals surface area (Å²) >= 11 is 1.39. The van der Waals surface area contributed by atoms with Crippen molar-refractivity contribution in [1.29, 1.82) is 0 Å². The molecule has 0 bridgehead atoms. The largest absolute Gasteiger partial charge is 0.481 e. The third-order valence-corrected chi connectivity index (χ3v) is 5.58. The van der Waals surface area contributed by atoms with E-state index in [-0.39, 0.29) is 19.3 Å². The zero-order valence-electron chi connectivity index (χ0n) is 19.4. The van der Waals surface area contributed by atoms with Gasteiger partial charge in [0.2, 0.25) is 17.7 Å². The minimum Gasteiger partial charge on any atom is -0.481 e. The van der Waals surface area contributed by atoms with Gasteiger partial charge >= 0.3 is 11.9 Å². The van der Waals surface area contributed by atoms with E-state index >= 15 is 0 Å². The number of aromatic nitrogens is 2. The average Bonchev–Trinajstić information content (AvgIpc) is 3.30. The van der Waals surface area contributed by atoms with Crippen molar-refractivity contribution in [3.8, 4) is 0 Å². The first-order valence-electron chi connectivity index (χ1n) is 10.7. The van der Waals surface area contributed by atoms with Crippen molar-refractivity contribution in [2.24, 2.45) is 5.73 Å². The number of hydrogen-bond donors (Lipinski definition) is 8. The molecule has 5 atom stereocenters. The summed E-state index contributed by atoms with van der Waals surface area (Å²) in [5.74, 6) is -4.54. The molecule has 1 aromatic rings. The highest BCUT2D eigenvalue weighted by Crippen LogP contribution is 2.07. The second-order valence-corrected chi connectivity index (χ2v) is 8.77. The van der Waals surface area contributed by atoms with Gasteiger partial charge in [0.15, 0.2) is 0 Å². The van der Waals surface area contributed by atoms with Gasteiger partial charge in [0.1, 0.15) is 24.2 Å². The third kappa shape index (κ3) is 10.7. The number of nitrogens with zero attached hydrogens (tertiary/aromatic N) is 1. The van der Waals surface area contributed by atoms with Crippen molar-refractivity contribution in [1.82, 2.24) is 25.9 Å². The zero-order chi connectivity index (χ0) is 26.5. The lowest BCUT2D eigenvalue weighted by Crippen LogP contribution is -2.58. The molecule has 0 spiro atoms. The number of aliphatic hydroxyl groups is 1. The number of carbonyl (C=O) groups is 5. The number of aliphatic hydroxyl groups excluding tert-OH is 1. The summed E-state index contributed by atoms with van der Waals surface area (Å²) in [5, 5.41) is 35.1. The predicted octanol–water partition coefficient (Wildman–Crippen LogP) is -2.18. The number of nitrogens with two attached hydrogens (primary N) is 1. The molecule has 0 aliphatic rings. The van der Waals surface area contributed by atoms with Crippen LogP contribution in [0.2, 0.25) is 0 Å². The van der Waals surface area contributed by atoms with Crippen LogP contribution in [0.4, 0.5) is 0 Å². The molecule has 5 unspecified atom stereocenters. The molecule has 0 aromatic carbocycles. The van der Waals surface area contributed by atoms with Gasteiger partial charge in [0.05, 0.1) is 12.4 Å². The highest BCUT2D eigenvalue weighted by Gasteiger charge is 2.31. The van der Waals surface area contributed by atoms with Gasteiger partial charge in [0.25, 0.3) is 0 Å². The van der Waals surface area contributed by atoms with Gasteiger partial charge in [0, 0.05) is 24.7 Å². The molecule has 14 nitrogen and oxygen atoms in total. The maximum absolute atomic E-state index is 12.9. The fourth-order valence-electron chi connectivity index (χ4n) is 2.89. The fraction of sp³-hybridized carbons (Fsp3) is 0.600. The second kappa shape index (κ2) is 15.0. The summed E-state index contributed by atoms with van der Waals surface area (Å²) in [6.07, 6.45) is 2.66. The van der Waals surface area contributed by atoms with E-state index in [1.165, 1.54) is 31.2 Å². The molecular formula is C20H32N6O8S. The first kappa shape index (κ1) is 29.9. The molecule has 15 heteroatoms. The van der Waals surface area contributed by atoms with E-state index in [9.17, 15) is 34.2 Å². The van der Waals surface area contributed by atoms with Crippen LogP contribution in [0.5, 0.6) is 0 Å². The van der Waals surface area contributed by atoms with Crippen LogP contribution in [0, 0.1) is 0 Å². The number of rotatable bonds is 16. The summed E-state index contributed by atoms with van der Waals surface area (Å²) < 4.78 is 0. The minimum atomic E-state index is -1.36. The number of nitrogens with one attached hydrogen (secondary N) is 4. The highest BCUT2D eigenvalue weighted by molar-refractivity contribution is 7.98. The predicted molar refractivity (Wildman–Crippen MR) is 125 cm³/mol. The zero-order valence-corrected chi connectivity index (χ0v) is 20.2. The van der Waals surface area contributed by atoms with Crippen molar-refractivity contribution >= 4 is 41.4 Å². The Labute approximate surface area is 205 Å². The smallest absolute Gasteiger partial charge is 0.326 e. The Kier molecular flexibility index (Phi) is 12.8. The van der Waals surface area contributed by atoms with Crippen LogP contribution < -0.4 is 21.7 Å². The molecular weight excluding hydrogens is 484 g/mol. The number of aliphatic carboxylic acids is 2. The van der Waals surface area contributed by atoms with E-state index in [0.29, 0.717) is 11.4 Å². The molecule has 0 saturated carbocycles. The molecule has 0 fully saturated rings. The number of H-pyrrole nitrogens is 1. The van der Waals surface area contributed by atoms with Crippen LogP contribution >= 0.6 is 11.8 Å². The molecule has 9 N–H and O–H groups in total. The number of carboxylic acid groups (broad SMARTS) is 2. The highest BCUT2D eigenvalue weighted by atomic mass is 32.2. The second-order valence-electron chi connectivity index (χ2n) is 7.78. The van der Waals surface area contributed by atoms with E-state index in [2.05, 4.69) is 25.9 Å². The van der Waals surface area contributed by atoms with Crippen molar-refractivity contribution in [2.45, 2.75) is 62.9 Å². The normalized spacial score (nSPS) is 15.2. The van der Waals surface area contributed by atoms with Crippen LogP contribution in [0.3, 0.4) is 0 Å². The quantitative estimate of drug-likeness (QED) is 0.117. The Morgan fingerprint density at radius 1 is 1.03 bits per heavy atom. The van der Waals surface area contributed by atoms with E-state index in [4.69, 9.17) is 10.8 Å². The summed E-state index contributed by atoms with van der Waals surface area (Å²) in [6, 6.07) is -5.17. The Balaban J connectivity index is 2.98. The summed E-state index contributed by atoms with van der Waals surface area (Å²) in [6.45, 7) is 1.28. The lowest BCUT2D eigenvalue weighted by Gasteiger charge is -2.25. The van der Waals surface area contributed by atoms with Gasteiger partial charge in [-0.25, -0.2) is 9.78 Å². The first-order chi connectivity index (χ1) is 16.5. The molecule has 1 aromatic heterocycles. The van der Waals surface area contributed by atoms with Crippen LogP contribution in [0.15, 0.2) is 12.5 Å². The van der Waals surface area contributed by atoms with Crippen molar-refractivity contribution in [3.05, 3.63) is 18.2 Å². The van der Waals surface area contributed by atoms with Gasteiger partial charge in [-0.15, -0.1) is 0 Å². The number of thioether (sulfide) groups is 1. The molecule has 0 radical (unpaired) electrons. The Morgan fingerprint density at radius 2 is 1.60 bits per heavy atom. The van der Waals surface area contributed by atoms with Crippen LogP contribution in [0.1, 0.15) is 31.9 Å². The van der Waals surface area contributed by atoms with Gasteiger partial charge < -0.3 is 42.0 Å². The van der Waals surface area contributed by atoms with Crippen molar-refractivity contribution in [2.75, 3.05) is 12.0 Å². The number of hydrogen-bond acceptors (Lipinski definition) is 9. The molecule has 35 heavy (non-hydrogen) atoms. The number of carboxylic acids is 2. The molecule has 3 amide bonds. The summed E-state index contributed by atoms with van der Waals surface area (Å²) in [5.41, 5.74) is 6.06. The fourth-order valence-corrected chi connectivity index (χ4v) is 3.36. The molecule has 0 aliphatic carbocycles.